The summed E-state index contributed by atoms with van der Waals surface area (Å²) in [5, 5.41) is 9.57. The lowest BCUT2D eigenvalue weighted by Crippen LogP contribution is -2.27. The van der Waals surface area contributed by atoms with Crippen LogP contribution in [0.25, 0.3) is 0 Å². The quantitative estimate of drug-likeness (QED) is 0.0406. The first kappa shape index (κ1) is 46.6. The molecule has 1 unspecified atom stereocenters. The van der Waals surface area contributed by atoms with Gasteiger partial charge in [0, 0.05) is 13.0 Å². The Kier molecular flexibility index (Phi) is 39.7. The van der Waals surface area contributed by atoms with Gasteiger partial charge in [-0.25, -0.2) is 0 Å². The number of allylic oxidation sites excluding steroid dienone is 14. The van der Waals surface area contributed by atoms with Crippen LogP contribution in [0.15, 0.2) is 85.1 Å². The van der Waals surface area contributed by atoms with Crippen LogP contribution in [0.2, 0.25) is 0 Å². The molecule has 0 spiro atoms. The molecule has 0 aromatic carbocycles. The van der Waals surface area contributed by atoms with Crippen LogP contribution in [-0.2, 0) is 14.3 Å². The van der Waals surface area contributed by atoms with Gasteiger partial charge in [-0.05, 0) is 89.9 Å². The summed E-state index contributed by atoms with van der Waals surface area (Å²) in [7, 11) is 0. The van der Waals surface area contributed by atoms with Gasteiger partial charge < -0.3 is 14.6 Å². The number of unbranched alkanes of at least 4 members (excludes halogenated alkanes) is 14. The standard InChI is InChI=1S/C45H76O4/c1-3-5-7-9-11-13-15-17-19-20-21-22-23-24-25-27-29-31-33-35-37-39-41-48-43-44(42-46)49-45(47)40-38-36-34-32-30-28-26-18-16-14-12-10-8-6-4-2/h6,8,12,14-15,17-18,20-21,23-24,26,30,32,44,46H,3-5,7,9-11,13,16,19,22,25,27-29,31,33-43H2,1-2H3/b8-6-,14-12-,17-15-,21-20-,24-23-,26-18-,32-30-. The van der Waals surface area contributed by atoms with Gasteiger partial charge in [0.1, 0.15) is 6.10 Å². The van der Waals surface area contributed by atoms with Crippen LogP contribution in [0.5, 0.6) is 0 Å². The van der Waals surface area contributed by atoms with Crippen LogP contribution in [0.4, 0.5) is 0 Å². The molecule has 4 nitrogen and oxygen atoms in total. The van der Waals surface area contributed by atoms with Crippen molar-refractivity contribution in [3.05, 3.63) is 85.1 Å². The number of carbonyl (C=O) groups excluding carboxylic acids is 1. The predicted octanol–water partition coefficient (Wildman–Crippen LogP) is 13.2. The number of hydrogen-bond acceptors (Lipinski definition) is 4. The van der Waals surface area contributed by atoms with E-state index in [4.69, 9.17) is 9.47 Å². The third-order valence-corrected chi connectivity index (χ3v) is 8.20. The summed E-state index contributed by atoms with van der Waals surface area (Å²) in [6.07, 6.45) is 57.8. The zero-order valence-corrected chi connectivity index (χ0v) is 31.9. The topological polar surface area (TPSA) is 55.8 Å². The Labute approximate surface area is 303 Å². The van der Waals surface area contributed by atoms with Crippen molar-refractivity contribution in [3.63, 3.8) is 0 Å². The maximum absolute atomic E-state index is 12.1. The highest BCUT2D eigenvalue weighted by Crippen LogP contribution is 2.10. The molecule has 0 bridgehead atoms. The van der Waals surface area contributed by atoms with Crippen molar-refractivity contribution in [3.8, 4) is 0 Å². The molecule has 0 amide bonds. The van der Waals surface area contributed by atoms with Gasteiger partial charge >= 0.3 is 5.97 Å². The van der Waals surface area contributed by atoms with E-state index >= 15 is 0 Å². The van der Waals surface area contributed by atoms with E-state index in [2.05, 4.69) is 98.9 Å². The summed E-state index contributed by atoms with van der Waals surface area (Å²) in [6.45, 7) is 5.14. The fourth-order valence-corrected chi connectivity index (χ4v) is 5.21. The third kappa shape index (κ3) is 39.9. The largest absolute Gasteiger partial charge is 0.457 e. The molecule has 1 N–H and O–H groups in total. The van der Waals surface area contributed by atoms with Crippen molar-refractivity contribution in [2.24, 2.45) is 0 Å². The fraction of sp³-hybridized carbons (Fsp3) is 0.667. The summed E-state index contributed by atoms with van der Waals surface area (Å²) in [4.78, 5) is 12.1. The van der Waals surface area contributed by atoms with Crippen LogP contribution < -0.4 is 0 Å². The Morgan fingerprint density at radius 1 is 0.510 bits per heavy atom. The van der Waals surface area contributed by atoms with E-state index in [9.17, 15) is 9.90 Å². The Morgan fingerprint density at radius 2 is 0.918 bits per heavy atom. The molecule has 0 aromatic rings. The SMILES string of the molecule is CC/C=C\C/C=C\C/C=C\C/C=C\CCCCC(=O)OC(CO)COCCCCCCCCC/C=C\C/C=C\C/C=C\CCCCCCC. The molecule has 0 aliphatic rings. The molecule has 0 fully saturated rings. The number of hydrogen-bond donors (Lipinski definition) is 1. The molecule has 0 aliphatic heterocycles. The highest BCUT2D eigenvalue weighted by molar-refractivity contribution is 5.69. The van der Waals surface area contributed by atoms with E-state index in [0.29, 0.717) is 13.0 Å². The predicted molar refractivity (Wildman–Crippen MR) is 214 cm³/mol. The van der Waals surface area contributed by atoms with Gasteiger partial charge in [-0.1, -0.05) is 157 Å². The lowest BCUT2D eigenvalue weighted by molar-refractivity contribution is -0.154. The van der Waals surface area contributed by atoms with E-state index in [-0.39, 0.29) is 19.2 Å². The van der Waals surface area contributed by atoms with Gasteiger partial charge in [0.2, 0.25) is 0 Å². The first-order valence-corrected chi connectivity index (χ1v) is 20.2. The second-order valence-electron chi connectivity index (χ2n) is 13.0. The lowest BCUT2D eigenvalue weighted by Gasteiger charge is -2.15. The van der Waals surface area contributed by atoms with Crippen molar-refractivity contribution in [2.45, 2.75) is 174 Å². The number of aliphatic hydroxyl groups excluding tert-OH is 1. The molecule has 4 heteroatoms. The minimum Gasteiger partial charge on any atom is -0.457 e. The first-order valence-electron chi connectivity index (χ1n) is 20.2. The molecule has 0 radical (unpaired) electrons. The Hall–Kier alpha value is -2.43. The summed E-state index contributed by atoms with van der Waals surface area (Å²) in [5.74, 6) is -0.248. The molecule has 1 atom stereocenters. The smallest absolute Gasteiger partial charge is 0.306 e. The number of aliphatic hydroxyl groups is 1. The molecule has 0 saturated carbocycles. The normalized spacial score (nSPS) is 13.3. The molecule has 0 heterocycles. The highest BCUT2D eigenvalue weighted by Gasteiger charge is 2.13. The molecular formula is C45H76O4. The van der Waals surface area contributed by atoms with Crippen molar-refractivity contribution >= 4 is 5.97 Å². The molecular weight excluding hydrogens is 604 g/mol. The van der Waals surface area contributed by atoms with Crippen LogP contribution >= 0.6 is 0 Å². The molecule has 280 valence electrons. The highest BCUT2D eigenvalue weighted by atomic mass is 16.6. The number of rotatable bonds is 36. The average Bonchev–Trinajstić information content (AvgIpc) is 3.11. The molecule has 0 saturated heterocycles. The second-order valence-corrected chi connectivity index (χ2v) is 13.0. The van der Waals surface area contributed by atoms with E-state index < -0.39 is 6.10 Å². The van der Waals surface area contributed by atoms with Crippen molar-refractivity contribution in [1.29, 1.82) is 0 Å². The molecule has 0 rings (SSSR count). The van der Waals surface area contributed by atoms with Crippen LogP contribution in [-0.4, -0.2) is 37.0 Å². The number of ether oxygens (including phenoxy) is 2. The Bertz CT molecular complexity index is 892. The summed E-state index contributed by atoms with van der Waals surface area (Å²) in [5.41, 5.74) is 0. The average molecular weight is 681 g/mol. The summed E-state index contributed by atoms with van der Waals surface area (Å²) >= 11 is 0. The van der Waals surface area contributed by atoms with Crippen LogP contribution in [0.3, 0.4) is 0 Å². The van der Waals surface area contributed by atoms with Crippen LogP contribution in [0, 0.1) is 0 Å². The van der Waals surface area contributed by atoms with E-state index in [1.165, 1.54) is 77.0 Å². The molecule has 0 aromatic heterocycles. The fourth-order valence-electron chi connectivity index (χ4n) is 5.21. The van der Waals surface area contributed by atoms with Crippen molar-refractivity contribution < 1.29 is 19.4 Å². The van der Waals surface area contributed by atoms with Gasteiger partial charge in [0.05, 0.1) is 13.2 Å². The summed E-state index contributed by atoms with van der Waals surface area (Å²) in [6, 6.07) is 0. The van der Waals surface area contributed by atoms with Crippen LogP contribution in [0.1, 0.15) is 168 Å². The maximum atomic E-state index is 12.1. The van der Waals surface area contributed by atoms with E-state index in [0.717, 1.165) is 70.6 Å². The second kappa shape index (κ2) is 41.7. The zero-order valence-electron chi connectivity index (χ0n) is 31.9. The van der Waals surface area contributed by atoms with E-state index in [1.54, 1.807) is 0 Å². The zero-order chi connectivity index (χ0) is 35.6. The molecule has 0 aliphatic carbocycles. The number of carbonyl (C=O) groups is 1. The minimum atomic E-state index is -0.566. The monoisotopic (exact) mass is 681 g/mol. The first-order chi connectivity index (χ1) is 24.2. The van der Waals surface area contributed by atoms with E-state index in [1.807, 2.05) is 0 Å². The maximum Gasteiger partial charge on any atom is 0.306 e. The van der Waals surface area contributed by atoms with Gasteiger partial charge in [0.15, 0.2) is 0 Å². The lowest BCUT2D eigenvalue weighted by atomic mass is 10.1. The van der Waals surface area contributed by atoms with Crippen molar-refractivity contribution in [2.75, 3.05) is 19.8 Å². The van der Waals surface area contributed by atoms with Gasteiger partial charge in [-0.15, -0.1) is 0 Å². The number of esters is 1. The Balaban J connectivity index is 3.55. The summed E-state index contributed by atoms with van der Waals surface area (Å²) < 4.78 is 11.1. The molecule has 49 heavy (non-hydrogen) atoms. The van der Waals surface area contributed by atoms with Gasteiger partial charge in [-0.2, -0.15) is 0 Å². The third-order valence-electron chi connectivity index (χ3n) is 8.20. The van der Waals surface area contributed by atoms with Crippen molar-refractivity contribution in [1.82, 2.24) is 0 Å². The Morgan fingerprint density at radius 3 is 1.39 bits per heavy atom. The van der Waals surface area contributed by atoms with Gasteiger partial charge in [0.25, 0.3) is 0 Å². The minimum absolute atomic E-state index is 0.198. The van der Waals surface area contributed by atoms with Gasteiger partial charge in [-0.3, -0.25) is 4.79 Å².